The van der Waals surface area contributed by atoms with E-state index < -0.39 is 46.4 Å². The molecular weight excluding hydrogens is 1510 g/mol. The maximum atomic E-state index is 13.9. The van der Waals surface area contributed by atoms with Crippen molar-refractivity contribution in [3.05, 3.63) is 275 Å². The van der Waals surface area contributed by atoms with Gasteiger partial charge in [-0.25, -0.2) is 40.2 Å². The molecule has 6 N–H and O–H groups in total. The second-order valence-electron chi connectivity index (χ2n) is 28.1. The lowest BCUT2D eigenvalue weighted by atomic mass is 9.98. The van der Waals surface area contributed by atoms with Crippen molar-refractivity contribution >= 4 is 101 Å². The zero-order valence-corrected chi connectivity index (χ0v) is 61.9. The highest BCUT2D eigenvalue weighted by Gasteiger charge is 2.39. The van der Waals surface area contributed by atoms with Crippen LogP contribution >= 0.6 is 0 Å². The minimum atomic E-state index is -4.71. The molecule has 34 heteroatoms. The molecule has 12 heterocycles. The SMILES string of the molecule is COc1ccc(Cc2n[nH]c(=O)c3ccccc23)cc1C(=O)N1CCN(c2cc3nc[nH]c3cn2)CC1.O=C(c1cc(Cc2n[nH]c(=O)c3ccccc23)ccc1C(F)(F)F)N1CCN(c2cc3nc[nH]c3cn2)CC1.O=C1Cc2nc(N3CCN(C(=O)c4cc(Cc5n[nH]c(=O)c6ccccc56)ccc4C(F)(F)F)CC3)ccc2N1. The Bertz CT molecular complexity index is 6340. The second kappa shape index (κ2) is 31.8. The van der Waals surface area contributed by atoms with E-state index in [0.29, 0.717) is 143 Å². The number of carbonyl (C=O) groups is 4. The third-order valence-corrected chi connectivity index (χ3v) is 21.0. The van der Waals surface area contributed by atoms with Crippen LogP contribution in [0.3, 0.4) is 0 Å². The van der Waals surface area contributed by atoms with Crippen LogP contribution in [0.2, 0.25) is 0 Å². The summed E-state index contributed by atoms with van der Waals surface area (Å²) >= 11 is 0. The summed E-state index contributed by atoms with van der Waals surface area (Å²) in [6, 6.07) is 41.2. The molecule has 4 amide bonds. The summed E-state index contributed by atoms with van der Waals surface area (Å²) in [7, 11) is 1.57. The van der Waals surface area contributed by atoms with Crippen LogP contribution in [0, 0.1) is 0 Å². The van der Waals surface area contributed by atoms with E-state index in [0.717, 1.165) is 56.7 Å². The van der Waals surface area contributed by atoms with Crippen molar-refractivity contribution in [2.24, 2.45) is 0 Å². The number of pyridine rings is 3. The number of nitrogens with zero attached hydrogens (tertiary/aromatic N) is 14. The summed E-state index contributed by atoms with van der Waals surface area (Å²) < 4.78 is 89.1. The first-order chi connectivity index (χ1) is 56.0. The van der Waals surface area contributed by atoms with E-state index in [4.69, 9.17) is 4.74 Å². The van der Waals surface area contributed by atoms with Crippen LogP contribution in [0.4, 0.5) is 49.5 Å². The Morgan fingerprint density at radius 1 is 0.422 bits per heavy atom. The number of hydrogen-bond donors (Lipinski definition) is 6. The average Bonchev–Trinajstić information content (AvgIpc) is 1.14. The summed E-state index contributed by atoms with van der Waals surface area (Å²) in [5.41, 5.74) is 5.00. The standard InChI is InChI=1S/C28H23F3N6O3.C27H22F3N7O2.C27H25N7O3/c29-28(30,31)20-6-5-16(14-22-17-3-1-2-4-18(17)26(39)35-34-22)13-19(20)27(40)37-11-9-36(10-12-37)24-8-7-21-23(32-24)15-25(38)33-21;28-27(29,30)20-6-5-16(12-21-17-3-1-2-4-18(17)25(38)35-34-21)11-19(20)26(39)37-9-7-36(8-10-37)24-13-22-23(14-31-24)33-15-32-22;1-37-24-7-6-17(13-21-18-4-2-3-5-19(18)26(35)32-31-21)12-20(24)27(36)34-10-8-33(9-11-34)25-14-22-23(15-28-25)30-16-29-22/h1-8,13H,9-12,14-15H2,(H,33,38)(H,35,39);1-6,11,13-15H,7-10,12H2,(H,32,33)(H,35,38);2-7,12,14-16H,8-11,13H2,1H3,(H,29,30)(H,32,35). The van der Waals surface area contributed by atoms with Crippen molar-refractivity contribution in [2.75, 3.05) is 106 Å². The van der Waals surface area contributed by atoms with Crippen LogP contribution in [0.25, 0.3) is 54.4 Å². The summed E-state index contributed by atoms with van der Waals surface area (Å²) in [6.07, 6.45) is -1.78. The third kappa shape index (κ3) is 15.9. The van der Waals surface area contributed by atoms with Crippen LogP contribution in [-0.4, -0.2) is 189 Å². The Hall–Kier alpha value is -14.2. The molecule has 0 spiro atoms. The highest BCUT2D eigenvalue weighted by atomic mass is 19.4. The van der Waals surface area contributed by atoms with Gasteiger partial charge in [0.05, 0.1) is 133 Å². The molecule has 6 aromatic carbocycles. The Morgan fingerprint density at radius 2 is 0.793 bits per heavy atom. The van der Waals surface area contributed by atoms with Gasteiger partial charge in [0, 0.05) is 126 Å². The monoisotopic (exact) mass is 1580 g/mol. The fraction of sp³-hybridized carbons (Fsp3) is 0.232. The van der Waals surface area contributed by atoms with Crippen LogP contribution in [0.15, 0.2) is 191 Å². The molecular formula is C82H70F6N20O8. The molecule has 4 aliphatic rings. The van der Waals surface area contributed by atoms with E-state index in [9.17, 15) is 59.9 Å². The number of imidazole rings is 2. The van der Waals surface area contributed by atoms with Gasteiger partial charge in [-0.05, 0) is 83.4 Å². The normalized spacial score (nSPS) is 14.5. The Labute approximate surface area is 653 Å². The number of methoxy groups -OCH3 is 1. The van der Waals surface area contributed by atoms with Gasteiger partial charge in [0.25, 0.3) is 34.4 Å². The zero-order chi connectivity index (χ0) is 80.5. The predicted octanol–water partition coefficient (Wildman–Crippen LogP) is 9.91. The highest BCUT2D eigenvalue weighted by molar-refractivity contribution is 6.00. The number of benzene rings is 6. The first-order valence-corrected chi connectivity index (χ1v) is 37.0. The molecule has 0 saturated carbocycles. The summed E-state index contributed by atoms with van der Waals surface area (Å²) in [5.74, 6) is 1.15. The number of ether oxygens (including phenoxy) is 1. The van der Waals surface area contributed by atoms with E-state index in [-0.39, 0.29) is 73.9 Å². The maximum absolute atomic E-state index is 13.9. The molecule has 0 atom stereocenters. The fourth-order valence-electron chi connectivity index (χ4n) is 15.0. The molecule has 0 radical (unpaired) electrons. The molecule has 28 nitrogen and oxygen atoms in total. The third-order valence-electron chi connectivity index (χ3n) is 21.0. The number of H-pyrrole nitrogens is 5. The number of nitrogens with one attached hydrogen (secondary N) is 6. The number of carbonyl (C=O) groups excluding carboxylic acids is 4. The topological polar surface area (TPSA) is 342 Å². The second-order valence-corrected chi connectivity index (χ2v) is 28.1. The van der Waals surface area contributed by atoms with Gasteiger partial charge in [-0.1, -0.05) is 72.8 Å². The number of hydrogen-bond acceptors (Lipinski definition) is 19. The Balaban J connectivity index is 0.000000131. The van der Waals surface area contributed by atoms with Gasteiger partial charge < -0.3 is 49.4 Å². The largest absolute Gasteiger partial charge is 0.496 e. The number of piperazine rings is 3. The molecule has 0 unspecified atom stereocenters. The van der Waals surface area contributed by atoms with Gasteiger partial charge in [-0.2, -0.15) is 41.6 Å². The molecule has 0 bridgehead atoms. The smallest absolute Gasteiger partial charge is 0.417 e. The van der Waals surface area contributed by atoms with Gasteiger partial charge >= 0.3 is 12.4 Å². The number of anilines is 4. The lowest BCUT2D eigenvalue weighted by Crippen LogP contribution is -2.49. The van der Waals surface area contributed by atoms with Crippen molar-refractivity contribution < 1.29 is 50.3 Å². The minimum Gasteiger partial charge on any atom is -0.496 e. The van der Waals surface area contributed by atoms with Crippen LogP contribution in [0.5, 0.6) is 5.75 Å². The fourth-order valence-corrected chi connectivity index (χ4v) is 15.0. The van der Waals surface area contributed by atoms with Crippen molar-refractivity contribution in [3.8, 4) is 5.75 Å². The number of rotatable bonds is 13. The van der Waals surface area contributed by atoms with Crippen molar-refractivity contribution in [1.82, 2.24) is 80.2 Å². The van der Waals surface area contributed by atoms with E-state index in [1.165, 1.54) is 34.1 Å². The van der Waals surface area contributed by atoms with Crippen molar-refractivity contribution in [2.45, 2.75) is 38.0 Å². The molecule has 3 fully saturated rings. The van der Waals surface area contributed by atoms with Gasteiger partial charge in [0.15, 0.2) is 0 Å². The number of fused-ring (bicyclic) bond motifs is 6. The maximum Gasteiger partial charge on any atom is 0.417 e. The first-order valence-electron chi connectivity index (χ1n) is 37.0. The molecule has 18 rings (SSSR count). The number of aromatic nitrogens is 13. The number of amides is 4. The van der Waals surface area contributed by atoms with E-state index in [1.54, 1.807) is 98.9 Å². The van der Waals surface area contributed by atoms with Crippen molar-refractivity contribution in [3.63, 3.8) is 0 Å². The molecule has 14 aromatic rings. The van der Waals surface area contributed by atoms with Crippen LogP contribution in [-0.2, 0) is 42.8 Å². The molecule has 116 heavy (non-hydrogen) atoms. The first kappa shape index (κ1) is 75.8. The highest BCUT2D eigenvalue weighted by Crippen LogP contribution is 2.37. The lowest BCUT2D eigenvalue weighted by Gasteiger charge is -2.36. The zero-order valence-electron chi connectivity index (χ0n) is 61.9. The number of alkyl halides is 6. The van der Waals surface area contributed by atoms with E-state index in [1.807, 2.05) is 63.2 Å². The molecule has 0 aliphatic carbocycles. The quantitative estimate of drug-likeness (QED) is 0.0584. The molecule has 3 saturated heterocycles. The number of aromatic amines is 5. The van der Waals surface area contributed by atoms with Gasteiger partial charge in [-0.15, -0.1) is 0 Å². The lowest BCUT2D eigenvalue weighted by molar-refractivity contribution is -0.138. The Morgan fingerprint density at radius 3 is 1.19 bits per heavy atom. The molecule has 588 valence electrons. The Kier molecular flexibility index (Phi) is 20.8. The minimum absolute atomic E-state index is 0.0756. The number of halogens is 6. The predicted molar refractivity (Wildman–Crippen MR) is 420 cm³/mol. The van der Waals surface area contributed by atoms with Gasteiger partial charge in [0.2, 0.25) is 5.91 Å². The van der Waals surface area contributed by atoms with Crippen LogP contribution < -0.4 is 41.4 Å². The van der Waals surface area contributed by atoms with Gasteiger partial charge in [-0.3, -0.25) is 33.6 Å². The summed E-state index contributed by atoms with van der Waals surface area (Å²) in [4.78, 5) is 127. The molecule has 8 aromatic heterocycles. The van der Waals surface area contributed by atoms with Crippen molar-refractivity contribution in [1.29, 1.82) is 0 Å². The summed E-state index contributed by atoms with van der Waals surface area (Å²) in [6.45, 7) is 4.99. The van der Waals surface area contributed by atoms with Crippen LogP contribution in [0.1, 0.15) is 81.7 Å². The van der Waals surface area contributed by atoms with E-state index in [2.05, 4.69) is 75.7 Å². The molecule has 4 aliphatic heterocycles. The average molecular weight is 1580 g/mol. The van der Waals surface area contributed by atoms with E-state index >= 15 is 0 Å². The summed E-state index contributed by atoms with van der Waals surface area (Å²) in [5, 5.41) is 26.1. The van der Waals surface area contributed by atoms with Gasteiger partial charge in [0.1, 0.15) is 23.2 Å².